The van der Waals surface area contributed by atoms with Crippen molar-refractivity contribution in [2.24, 2.45) is 10.7 Å². The van der Waals surface area contributed by atoms with Gasteiger partial charge in [0.25, 0.3) is 0 Å². The number of anilines is 1. The van der Waals surface area contributed by atoms with Crippen molar-refractivity contribution in [1.29, 1.82) is 5.41 Å². The summed E-state index contributed by atoms with van der Waals surface area (Å²) in [6.45, 7) is 5.08. The summed E-state index contributed by atoms with van der Waals surface area (Å²) in [6.07, 6.45) is 3.86. The molecule has 3 rings (SSSR count). The predicted octanol–water partition coefficient (Wildman–Crippen LogP) is 3.18. The molecule has 1 saturated heterocycles. The number of allylic oxidation sites excluding steroid dienone is 1. The summed E-state index contributed by atoms with van der Waals surface area (Å²) in [4.78, 5) is 10.3. The highest BCUT2D eigenvalue weighted by molar-refractivity contribution is 6.16. The standard InChI is InChI=1S/C21H24FN5O2/c1-2-29-17-5-3-15(4-6-17)16(13-23)11-20(24)26-19-12-21(25-14-18(19)22)27-7-9-28-10-8-27/h3-6,11-14,23H,2,7-10H2,1H3,(H2,24,25,26)/b16-11+,23-13?. The second kappa shape index (κ2) is 9.79. The summed E-state index contributed by atoms with van der Waals surface area (Å²) in [5, 5.41) is 7.68. The highest BCUT2D eigenvalue weighted by Crippen LogP contribution is 2.24. The molecule has 7 nitrogen and oxygen atoms in total. The molecule has 1 aliphatic heterocycles. The van der Waals surface area contributed by atoms with Crippen LogP contribution in [0.4, 0.5) is 15.9 Å². The minimum absolute atomic E-state index is 0.0930. The zero-order chi connectivity index (χ0) is 20.6. The summed E-state index contributed by atoms with van der Waals surface area (Å²) < 4.78 is 25.0. The van der Waals surface area contributed by atoms with Gasteiger partial charge in [-0.2, -0.15) is 0 Å². The van der Waals surface area contributed by atoms with Crippen LogP contribution in [-0.4, -0.2) is 49.9 Å². The topological polar surface area (TPSA) is 96.8 Å². The number of hydrogen-bond donors (Lipinski definition) is 2. The van der Waals surface area contributed by atoms with E-state index in [-0.39, 0.29) is 11.5 Å². The van der Waals surface area contributed by atoms with Crippen molar-refractivity contribution >= 4 is 29.1 Å². The maximum absolute atomic E-state index is 14.2. The summed E-state index contributed by atoms with van der Waals surface area (Å²) in [5.74, 6) is 0.909. The molecule has 0 unspecified atom stereocenters. The van der Waals surface area contributed by atoms with Crippen molar-refractivity contribution < 1.29 is 13.9 Å². The molecule has 0 bridgehead atoms. The highest BCUT2D eigenvalue weighted by Gasteiger charge is 2.14. The molecular formula is C21H24FN5O2. The van der Waals surface area contributed by atoms with Crippen molar-refractivity contribution in [3.63, 3.8) is 0 Å². The number of amidine groups is 1. The molecule has 2 heterocycles. The monoisotopic (exact) mass is 397 g/mol. The van der Waals surface area contributed by atoms with E-state index in [0.29, 0.717) is 44.3 Å². The molecule has 0 aliphatic carbocycles. The molecule has 152 valence electrons. The van der Waals surface area contributed by atoms with E-state index in [9.17, 15) is 4.39 Å². The molecule has 0 amide bonds. The molecule has 3 N–H and O–H groups in total. The van der Waals surface area contributed by atoms with Crippen LogP contribution in [0.15, 0.2) is 47.6 Å². The van der Waals surface area contributed by atoms with Gasteiger partial charge in [0.2, 0.25) is 0 Å². The minimum Gasteiger partial charge on any atom is -0.494 e. The Kier molecular flexibility index (Phi) is 6.91. The van der Waals surface area contributed by atoms with Crippen LogP contribution in [0.25, 0.3) is 5.57 Å². The zero-order valence-corrected chi connectivity index (χ0v) is 16.3. The smallest absolute Gasteiger partial charge is 0.167 e. The average Bonchev–Trinajstić information content (AvgIpc) is 2.75. The van der Waals surface area contributed by atoms with E-state index >= 15 is 0 Å². The number of benzene rings is 1. The van der Waals surface area contributed by atoms with Crippen LogP contribution >= 0.6 is 0 Å². The van der Waals surface area contributed by atoms with E-state index in [1.807, 2.05) is 36.1 Å². The molecule has 0 spiro atoms. The molecule has 0 saturated carbocycles. The predicted molar refractivity (Wildman–Crippen MR) is 113 cm³/mol. The molecule has 1 fully saturated rings. The van der Waals surface area contributed by atoms with Crippen LogP contribution in [0.5, 0.6) is 5.75 Å². The van der Waals surface area contributed by atoms with Gasteiger partial charge in [-0.15, -0.1) is 0 Å². The van der Waals surface area contributed by atoms with Gasteiger partial charge in [-0.05, 0) is 30.7 Å². The largest absolute Gasteiger partial charge is 0.494 e. The quantitative estimate of drug-likeness (QED) is 0.552. The Hall–Kier alpha value is -3.26. The molecule has 29 heavy (non-hydrogen) atoms. The van der Waals surface area contributed by atoms with Crippen LogP contribution in [0.2, 0.25) is 0 Å². The average molecular weight is 397 g/mol. The SMILES string of the molecule is CCOc1ccc(/C(C=N)=C/C(N)=Nc2cc(N3CCOCC3)ncc2F)cc1. The number of pyridine rings is 1. The number of ether oxygens (including phenoxy) is 2. The van der Waals surface area contributed by atoms with Gasteiger partial charge in [0.1, 0.15) is 23.1 Å². The molecule has 1 aliphatic rings. The first-order valence-corrected chi connectivity index (χ1v) is 9.38. The van der Waals surface area contributed by atoms with E-state index in [1.54, 1.807) is 6.07 Å². The van der Waals surface area contributed by atoms with Gasteiger partial charge in [0.15, 0.2) is 5.82 Å². The lowest BCUT2D eigenvalue weighted by Gasteiger charge is -2.27. The Bertz CT molecular complexity index is 906. The van der Waals surface area contributed by atoms with E-state index in [4.69, 9.17) is 20.6 Å². The third-order valence-electron chi connectivity index (χ3n) is 4.36. The number of aromatic nitrogens is 1. The number of halogens is 1. The Balaban J connectivity index is 1.84. The summed E-state index contributed by atoms with van der Waals surface area (Å²) >= 11 is 0. The van der Waals surface area contributed by atoms with Crippen LogP contribution in [0.1, 0.15) is 12.5 Å². The maximum Gasteiger partial charge on any atom is 0.167 e. The zero-order valence-electron chi connectivity index (χ0n) is 16.3. The Morgan fingerprint density at radius 1 is 1.34 bits per heavy atom. The summed E-state index contributed by atoms with van der Waals surface area (Å²) in [7, 11) is 0. The number of nitrogens with two attached hydrogens (primary N) is 1. The molecule has 1 aromatic carbocycles. The van der Waals surface area contributed by atoms with Crippen LogP contribution in [0.3, 0.4) is 0 Å². The first kappa shape index (κ1) is 20.5. The third kappa shape index (κ3) is 5.39. The lowest BCUT2D eigenvalue weighted by molar-refractivity contribution is 0.122. The second-order valence-electron chi connectivity index (χ2n) is 6.33. The molecular weight excluding hydrogens is 373 g/mol. The van der Waals surface area contributed by atoms with Crippen molar-refractivity contribution in [3.05, 3.63) is 54.0 Å². The van der Waals surface area contributed by atoms with Crippen LogP contribution < -0.4 is 15.4 Å². The second-order valence-corrected chi connectivity index (χ2v) is 6.33. The highest BCUT2D eigenvalue weighted by atomic mass is 19.1. The normalized spacial score (nSPS) is 15.3. The number of hydrogen-bond acceptors (Lipinski definition) is 6. The van der Waals surface area contributed by atoms with E-state index in [1.165, 1.54) is 12.3 Å². The summed E-state index contributed by atoms with van der Waals surface area (Å²) in [6, 6.07) is 8.88. The number of nitrogens with one attached hydrogen (secondary N) is 1. The number of rotatable bonds is 7. The first-order chi connectivity index (χ1) is 14.1. The fraction of sp³-hybridized carbons (Fsp3) is 0.286. The molecule has 2 aromatic rings. The number of morpholine rings is 1. The van der Waals surface area contributed by atoms with Crippen molar-refractivity contribution in [2.75, 3.05) is 37.8 Å². The maximum atomic E-state index is 14.2. The van der Waals surface area contributed by atoms with Gasteiger partial charge >= 0.3 is 0 Å². The van der Waals surface area contributed by atoms with Crippen molar-refractivity contribution in [3.8, 4) is 5.75 Å². The Labute approximate surface area is 169 Å². The Morgan fingerprint density at radius 3 is 2.72 bits per heavy atom. The number of aliphatic imine (C=N–C) groups is 1. The van der Waals surface area contributed by atoms with Crippen molar-refractivity contribution in [1.82, 2.24) is 4.98 Å². The number of nitrogens with zero attached hydrogens (tertiary/aromatic N) is 3. The van der Waals surface area contributed by atoms with Crippen LogP contribution in [-0.2, 0) is 4.74 Å². The van der Waals surface area contributed by atoms with Gasteiger partial charge in [-0.3, -0.25) is 0 Å². The van der Waals surface area contributed by atoms with Gasteiger partial charge in [0, 0.05) is 30.9 Å². The van der Waals surface area contributed by atoms with Crippen molar-refractivity contribution in [2.45, 2.75) is 6.92 Å². The fourth-order valence-corrected chi connectivity index (χ4v) is 2.92. The minimum atomic E-state index is -0.559. The van der Waals surface area contributed by atoms with E-state index < -0.39 is 5.82 Å². The third-order valence-corrected chi connectivity index (χ3v) is 4.36. The van der Waals surface area contributed by atoms with Gasteiger partial charge in [0.05, 0.1) is 26.0 Å². The molecule has 8 heteroatoms. The van der Waals surface area contributed by atoms with E-state index in [0.717, 1.165) is 17.5 Å². The van der Waals surface area contributed by atoms with Gasteiger partial charge in [-0.1, -0.05) is 12.1 Å². The van der Waals surface area contributed by atoms with Crippen LogP contribution in [0, 0.1) is 11.2 Å². The van der Waals surface area contributed by atoms with Gasteiger partial charge < -0.3 is 25.5 Å². The van der Waals surface area contributed by atoms with Gasteiger partial charge in [-0.25, -0.2) is 14.4 Å². The molecule has 0 atom stereocenters. The van der Waals surface area contributed by atoms with E-state index in [2.05, 4.69) is 9.98 Å². The molecule has 1 aromatic heterocycles. The molecule has 0 radical (unpaired) electrons. The lowest BCUT2D eigenvalue weighted by Crippen LogP contribution is -2.36. The fourth-order valence-electron chi connectivity index (χ4n) is 2.92. The Morgan fingerprint density at radius 2 is 2.07 bits per heavy atom. The summed E-state index contributed by atoms with van der Waals surface area (Å²) in [5.41, 5.74) is 7.46. The first-order valence-electron chi connectivity index (χ1n) is 9.38. The lowest BCUT2D eigenvalue weighted by atomic mass is 10.1.